The molecule has 0 amide bonds. The van der Waals surface area contributed by atoms with E-state index in [4.69, 9.17) is 16.3 Å². The van der Waals surface area contributed by atoms with E-state index < -0.39 is 0 Å². The molecule has 0 aromatic heterocycles. The van der Waals surface area contributed by atoms with E-state index in [2.05, 4.69) is 48.5 Å². The van der Waals surface area contributed by atoms with Gasteiger partial charge < -0.3 is 4.74 Å². The predicted molar refractivity (Wildman–Crippen MR) is 78.7 cm³/mol. The van der Waals surface area contributed by atoms with E-state index in [0.29, 0.717) is 0 Å². The van der Waals surface area contributed by atoms with Crippen molar-refractivity contribution in [2.24, 2.45) is 0 Å². The summed E-state index contributed by atoms with van der Waals surface area (Å²) in [5, 5.41) is 0.0883. The van der Waals surface area contributed by atoms with Gasteiger partial charge in [-0.3, -0.25) is 0 Å². The van der Waals surface area contributed by atoms with Crippen LogP contribution in [0.1, 0.15) is 23.5 Å². The molecule has 19 heavy (non-hydrogen) atoms. The first-order chi connectivity index (χ1) is 9.36. The monoisotopic (exact) mass is 272 g/mol. The molecule has 2 aromatic rings. The first-order valence-corrected chi connectivity index (χ1v) is 7.15. The van der Waals surface area contributed by atoms with Crippen LogP contribution >= 0.6 is 11.6 Å². The number of hydrogen-bond acceptors (Lipinski definition) is 1. The minimum atomic E-state index is 0.0615. The Kier molecular flexibility index (Phi) is 3.86. The van der Waals surface area contributed by atoms with Gasteiger partial charge in [0.15, 0.2) is 0 Å². The Labute approximate surface area is 119 Å². The molecule has 1 nitrogen and oxygen atoms in total. The third-order valence-corrected chi connectivity index (χ3v) is 4.17. The molecule has 1 saturated heterocycles. The summed E-state index contributed by atoms with van der Waals surface area (Å²) in [5.74, 6) is 0.215. The van der Waals surface area contributed by atoms with Crippen LogP contribution in [0, 0.1) is 0 Å². The maximum Gasteiger partial charge on any atom is 0.0848 e. The SMILES string of the molecule is ClC1CCOC1C(c1ccccc1)c1ccccc1. The van der Waals surface area contributed by atoms with Gasteiger partial charge in [0, 0.05) is 12.5 Å². The maximum atomic E-state index is 6.45. The fourth-order valence-electron chi connectivity index (χ4n) is 2.78. The molecule has 1 aliphatic heterocycles. The molecule has 2 heteroatoms. The molecular formula is C17H17ClO. The van der Waals surface area contributed by atoms with Crippen molar-refractivity contribution in [1.29, 1.82) is 0 Å². The topological polar surface area (TPSA) is 9.23 Å². The smallest absolute Gasteiger partial charge is 0.0848 e. The fraction of sp³-hybridized carbons (Fsp3) is 0.294. The number of hydrogen-bond donors (Lipinski definition) is 0. The zero-order valence-corrected chi connectivity index (χ0v) is 11.5. The van der Waals surface area contributed by atoms with Gasteiger partial charge in [-0.1, -0.05) is 60.7 Å². The molecule has 3 rings (SSSR count). The van der Waals surface area contributed by atoms with Crippen molar-refractivity contribution in [2.45, 2.75) is 23.8 Å². The van der Waals surface area contributed by atoms with Crippen LogP contribution in [0.15, 0.2) is 60.7 Å². The highest BCUT2D eigenvalue weighted by Gasteiger charge is 2.35. The molecule has 0 saturated carbocycles. The van der Waals surface area contributed by atoms with Gasteiger partial charge in [-0.15, -0.1) is 11.6 Å². The van der Waals surface area contributed by atoms with Crippen LogP contribution in [0.5, 0.6) is 0 Å². The van der Waals surface area contributed by atoms with Crippen LogP contribution in [-0.4, -0.2) is 18.1 Å². The number of halogens is 1. The second-order valence-electron chi connectivity index (χ2n) is 4.94. The lowest BCUT2D eigenvalue weighted by Crippen LogP contribution is -2.26. The predicted octanol–water partition coefficient (Wildman–Crippen LogP) is 4.21. The van der Waals surface area contributed by atoms with Crippen molar-refractivity contribution in [3.63, 3.8) is 0 Å². The number of rotatable bonds is 3. The zero-order chi connectivity index (χ0) is 13.1. The molecule has 1 fully saturated rings. The largest absolute Gasteiger partial charge is 0.376 e. The third kappa shape index (κ3) is 2.68. The molecule has 1 aliphatic rings. The summed E-state index contributed by atoms with van der Waals surface area (Å²) in [6.07, 6.45) is 0.994. The number of ether oxygens (including phenoxy) is 1. The van der Waals surface area contributed by atoms with E-state index in [1.807, 2.05) is 12.1 Å². The summed E-state index contributed by atoms with van der Waals surface area (Å²) < 4.78 is 5.90. The highest BCUT2D eigenvalue weighted by atomic mass is 35.5. The van der Waals surface area contributed by atoms with Gasteiger partial charge >= 0.3 is 0 Å². The maximum absolute atomic E-state index is 6.45. The summed E-state index contributed by atoms with van der Waals surface area (Å²) in [4.78, 5) is 0. The molecule has 0 spiro atoms. The highest BCUT2D eigenvalue weighted by molar-refractivity contribution is 6.21. The number of alkyl halides is 1. The molecule has 2 unspecified atom stereocenters. The zero-order valence-electron chi connectivity index (χ0n) is 10.7. The molecule has 0 bridgehead atoms. The van der Waals surface area contributed by atoms with Gasteiger partial charge in [-0.25, -0.2) is 0 Å². The van der Waals surface area contributed by atoms with E-state index in [1.165, 1.54) is 11.1 Å². The molecule has 98 valence electrons. The normalized spacial score (nSPS) is 22.8. The van der Waals surface area contributed by atoms with Gasteiger partial charge in [0.05, 0.1) is 11.5 Å². The van der Waals surface area contributed by atoms with Crippen LogP contribution in [0.2, 0.25) is 0 Å². The molecular weight excluding hydrogens is 256 g/mol. The fourth-order valence-corrected chi connectivity index (χ4v) is 3.09. The Bertz CT molecular complexity index is 472. The summed E-state index contributed by atoms with van der Waals surface area (Å²) in [7, 11) is 0. The lowest BCUT2D eigenvalue weighted by Gasteiger charge is -2.26. The summed E-state index contributed by atoms with van der Waals surface area (Å²) in [6.45, 7) is 0.759. The second-order valence-corrected chi connectivity index (χ2v) is 5.50. The van der Waals surface area contributed by atoms with Crippen LogP contribution < -0.4 is 0 Å². The Morgan fingerprint density at radius 1 is 0.895 bits per heavy atom. The Balaban J connectivity index is 2.01. The molecule has 2 atom stereocenters. The Morgan fingerprint density at radius 3 is 1.84 bits per heavy atom. The summed E-state index contributed by atoms with van der Waals surface area (Å²) in [5.41, 5.74) is 2.54. The lowest BCUT2D eigenvalue weighted by molar-refractivity contribution is 0.0995. The Hall–Kier alpha value is -1.31. The molecule has 0 radical (unpaired) electrons. The van der Waals surface area contributed by atoms with Crippen LogP contribution in [0.3, 0.4) is 0 Å². The number of benzene rings is 2. The van der Waals surface area contributed by atoms with E-state index in [1.54, 1.807) is 0 Å². The van der Waals surface area contributed by atoms with Crippen molar-refractivity contribution in [1.82, 2.24) is 0 Å². The van der Waals surface area contributed by atoms with Crippen molar-refractivity contribution in [2.75, 3.05) is 6.61 Å². The van der Waals surface area contributed by atoms with Gasteiger partial charge in [0.1, 0.15) is 0 Å². The minimum Gasteiger partial charge on any atom is -0.376 e. The van der Waals surface area contributed by atoms with Gasteiger partial charge in [-0.2, -0.15) is 0 Å². The van der Waals surface area contributed by atoms with Gasteiger partial charge in [0.2, 0.25) is 0 Å². The van der Waals surface area contributed by atoms with Crippen LogP contribution in [-0.2, 0) is 4.74 Å². The van der Waals surface area contributed by atoms with E-state index in [0.717, 1.165) is 13.0 Å². The van der Waals surface area contributed by atoms with E-state index >= 15 is 0 Å². The first kappa shape index (κ1) is 12.7. The third-order valence-electron chi connectivity index (χ3n) is 3.71. The molecule has 1 heterocycles. The average Bonchev–Trinajstić information content (AvgIpc) is 2.88. The summed E-state index contributed by atoms with van der Waals surface area (Å²) in [6, 6.07) is 21.0. The van der Waals surface area contributed by atoms with Crippen molar-refractivity contribution < 1.29 is 4.74 Å². The first-order valence-electron chi connectivity index (χ1n) is 6.72. The minimum absolute atomic E-state index is 0.0615. The van der Waals surface area contributed by atoms with Gasteiger partial charge in [0.25, 0.3) is 0 Å². The Morgan fingerprint density at radius 2 is 1.42 bits per heavy atom. The standard InChI is InChI=1S/C17H17ClO/c18-15-11-12-19-17(15)16(13-7-3-1-4-8-13)14-9-5-2-6-10-14/h1-10,15-17H,11-12H2. The van der Waals surface area contributed by atoms with E-state index in [-0.39, 0.29) is 17.4 Å². The quantitative estimate of drug-likeness (QED) is 0.761. The van der Waals surface area contributed by atoms with Crippen molar-refractivity contribution in [3.8, 4) is 0 Å². The average molecular weight is 273 g/mol. The molecule has 0 N–H and O–H groups in total. The molecule has 0 aliphatic carbocycles. The van der Waals surface area contributed by atoms with Crippen molar-refractivity contribution >= 4 is 11.6 Å². The highest BCUT2D eigenvalue weighted by Crippen LogP contribution is 2.36. The van der Waals surface area contributed by atoms with Gasteiger partial charge in [-0.05, 0) is 17.5 Å². The van der Waals surface area contributed by atoms with Crippen LogP contribution in [0.25, 0.3) is 0 Å². The summed E-state index contributed by atoms with van der Waals surface area (Å²) >= 11 is 6.45. The van der Waals surface area contributed by atoms with E-state index in [9.17, 15) is 0 Å². The second kappa shape index (κ2) is 5.77. The lowest BCUT2D eigenvalue weighted by atomic mass is 9.85. The van der Waals surface area contributed by atoms with Crippen molar-refractivity contribution in [3.05, 3.63) is 71.8 Å². The van der Waals surface area contributed by atoms with Crippen LogP contribution in [0.4, 0.5) is 0 Å². The molecule has 2 aromatic carbocycles.